The number of carbonyl (C=O) groups is 2. The Morgan fingerprint density at radius 3 is 2.83 bits per heavy atom. The van der Waals surface area contributed by atoms with Crippen molar-refractivity contribution in [3.05, 3.63) is 29.3 Å². The van der Waals surface area contributed by atoms with Gasteiger partial charge in [0.05, 0.1) is 18.6 Å². The van der Waals surface area contributed by atoms with Crippen LogP contribution in [-0.4, -0.2) is 24.0 Å². The number of benzene rings is 1. The highest BCUT2D eigenvalue weighted by atomic mass is 16.5. The molecule has 0 spiro atoms. The molecule has 1 aliphatic heterocycles. The third kappa shape index (κ3) is 2.10. The largest absolute Gasteiger partial charge is 0.478 e. The molecular weight excluding hydrogens is 232 g/mol. The molecule has 0 radical (unpaired) electrons. The second-order valence-corrected chi connectivity index (χ2v) is 4.64. The average molecular weight is 248 g/mol. The lowest BCUT2D eigenvalue weighted by atomic mass is 9.93. The second-order valence-electron chi connectivity index (χ2n) is 4.64. The van der Waals surface area contributed by atoms with Crippen LogP contribution in [0.25, 0.3) is 0 Å². The summed E-state index contributed by atoms with van der Waals surface area (Å²) in [5, 5.41) is 0. The van der Waals surface area contributed by atoms with E-state index >= 15 is 0 Å². The van der Waals surface area contributed by atoms with Gasteiger partial charge in [0.1, 0.15) is 5.75 Å². The van der Waals surface area contributed by atoms with E-state index in [1.807, 2.05) is 13.0 Å². The molecule has 1 aromatic carbocycles. The van der Waals surface area contributed by atoms with Gasteiger partial charge in [0.25, 0.3) is 0 Å². The Morgan fingerprint density at radius 1 is 1.44 bits per heavy atom. The van der Waals surface area contributed by atoms with E-state index < -0.39 is 11.6 Å². The van der Waals surface area contributed by atoms with E-state index in [1.54, 1.807) is 26.0 Å². The molecule has 4 heteroatoms. The minimum atomic E-state index is -1.14. The topological polar surface area (TPSA) is 52.6 Å². The van der Waals surface area contributed by atoms with Crippen molar-refractivity contribution in [2.45, 2.75) is 32.8 Å². The van der Waals surface area contributed by atoms with Crippen molar-refractivity contribution in [1.82, 2.24) is 0 Å². The first-order valence-electron chi connectivity index (χ1n) is 5.96. The fraction of sp³-hybridized carbons (Fsp3) is 0.429. The van der Waals surface area contributed by atoms with Gasteiger partial charge in [-0.25, -0.2) is 0 Å². The maximum atomic E-state index is 12.3. The third-order valence-corrected chi connectivity index (χ3v) is 2.98. The second kappa shape index (κ2) is 4.44. The Balaban J connectivity index is 2.24. The van der Waals surface area contributed by atoms with Gasteiger partial charge in [-0.3, -0.25) is 9.59 Å². The van der Waals surface area contributed by atoms with Crippen LogP contribution in [-0.2, 0) is 9.53 Å². The molecule has 4 nitrogen and oxygen atoms in total. The normalized spacial score (nSPS) is 21.4. The number of hydrogen-bond acceptors (Lipinski definition) is 4. The summed E-state index contributed by atoms with van der Waals surface area (Å²) in [5.41, 5.74) is 0.399. The zero-order valence-electron chi connectivity index (χ0n) is 10.8. The van der Waals surface area contributed by atoms with Crippen LogP contribution in [0.1, 0.15) is 36.2 Å². The number of Topliss-reactive ketones (excluding diaryl/α,β-unsaturated/α-hetero) is 1. The van der Waals surface area contributed by atoms with Gasteiger partial charge in [-0.15, -0.1) is 0 Å². The minimum Gasteiger partial charge on any atom is -0.478 e. The Hall–Kier alpha value is -1.84. The van der Waals surface area contributed by atoms with Crippen molar-refractivity contribution in [2.24, 2.45) is 0 Å². The number of hydrogen-bond donors (Lipinski definition) is 0. The predicted octanol–water partition coefficient (Wildman–Crippen LogP) is 2.28. The summed E-state index contributed by atoms with van der Waals surface area (Å²) < 4.78 is 10.5. The van der Waals surface area contributed by atoms with Crippen LogP contribution < -0.4 is 4.74 Å². The molecule has 1 aliphatic rings. The maximum absolute atomic E-state index is 12.3. The standard InChI is InChI=1S/C14H16O4/c1-4-17-12(15)8-14(3)13(16)10-7-9(2)5-6-11(10)18-14/h5-7H,4,8H2,1-3H3/t14-/m1/s1. The van der Waals surface area contributed by atoms with Gasteiger partial charge in [0.2, 0.25) is 5.78 Å². The molecule has 0 aliphatic carbocycles. The summed E-state index contributed by atoms with van der Waals surface area (Å²) in [6, 6.07) is 5.43. The molecule has 0 amide bonds. The van der Waals surface area contributed by atoms with Crippen LogP contribution in [0.2, 0.25) is 0 Å². The van der Waals surface area contributed by atoms with E-state index in [1.165, 1.54) is 0 Å². The van der Waals surface area contributed by atoms with Gasteiger partial charge < -0.3 is 9.47 Å². The van der Waals surface area contributed by atoms with Crippen LogP contribution in [0.4, 0.5) is 0 Å². The molecular formula is C14H16O4. The zero-order chi connectivity index (χ0) is 13.3. The molecule has 0 N–H and O–H groups in total. The molecule has 0 aromatic heterocycles. The summed E-state index contributed by atoms with van der Waals surface area (Å²) in [5.74, 6) is -0.0375. The summed E-state index contributed by atoms with van der Waals surface area (Å²) in [6.07, 6.45) is -0.0621. The average Bonchev–Trinajstić information content (AvgIpc) is 2.52. The molecule has 18 heavy (non-hydrogen) atoms. The fourth-order valence-electron chi connectivity index (χ4n) is 2.09. The van der Waals surface area contributed by atoms with Gasteiger partial charge in [0.15, 0.2) is 5.60 Å². The quantitative estimate of drug-likeness (QED) is 0.770. The first-order valence-corrected chi connectivity index (χ1v) is 5.96. The van der Waals surface area contributed by atoms with Crippen molar-refractivity contribution in [3.63, 3.8) is 0 Å². The third-order valence-electron chi connectivity index (χ3n) is 2.98. The van der Waals surface area contributed by atoms with Crippen LogP contribution in [0.5, 0.6) is 5.75 Å². The first kappa shape index (κ1) is 12.6. The van der Waals surface area contributed by atoms with Gasteiger partial charge in [-0.2, -0.15) is 0 Å². The highest BCUT2D eigenvalue weighted by Gasteiger charge is 2.45. The van der Waals surface area contributed by atoms with E-state index in [-0.39, 0.29) is 12.2 Å². The lowest BCUT2D eigenvalue weighted by Gasteiger charge is -2.20. The molecule has 0 unspecified atom stereocenters. The smallest absolute Gasteiger partial charge is 0.310 e. The SMILES string of the molecule is CCOC(=O)C[C@@]1(C)Oc2ccc(C)cc2C1=O. The Kier molecular flexibility index (Phi) is 3.11. The van der Waals surface area contributed by atoms with Crippen LogP contribution in [0, 0.1) is 6.92 Å². The molecule has 0 saturated heterocycles. The Morgan fingerprint density at radius 2 is 2.17 bits per heavy atom. The molecule has 1 heterocycles. The van der Waals surface area contributed by atoms with Gasteiger partial charge in [-0.05, 0) is 32.9 Å². The number of fused-ring (bicyclic) bond motifs is 1. The van der Waals surface area contributed by atoms with Crippen molar-refractivity contribution in [1.29, 1.82) is 0 Å². The van der Waals surface area contributed by atoms with Crippen molar-refractivity contribution < 1.29 is 19.1 Å². The molecule has 0 bridgehead atoms. The van der Waals surface area contributed by atoms with Gasteiger partial charge >= 0.3 is 5.97 Å². The van der Waals surface area contributed by atoms with E-state index in [0.717, 1.165) is 5.56 Å². The van der Waals surface area contributed by atoms with Crippen LogP contribution >= 0.6 is 0 Å². The molecule has 1 aromatic rings. The minimum absolute atomic E-state index is 0.0621. The zero-order valence-corrected chi connectivity index (χ0v) is 10.8. The number of esters is 1. The van der Waals surface area contributed by atoms with E-state index in [9.17, 15) is 9.59 Å². The summed E-state index contributed by atoms with van der Waals surface area (Å²) in [7, 11) is 0. The predicted molar refractivity (Wildman–Crippen MR) is 65.8 cm³/mol. The van der Waals surface area contributed by atoms with Crippen molar-refractivity contribution in [3.8, 4) is 5.75 Å². The molecule has 0 saturated carbocycles. The van der Waals surface area contributed by atoms with Crippen LogP contribution in [0.3, 0.4) is 0 Å². The van der Waals surface area contributed by atoms with Crippen LogP contribution in [0.15, 0.2) is 18.2 Å². The fourth-order valence-corrected chi connectivity index (χ4v) is 2.09. The van der Waals surface area contributed by atoms with Crippen molar-refractivity contribution >= 4 is 11.8 Å². The molecule has 0 fully saturated rings. The lowest BCUT2D eigenvalue weighted by Crippen LogP contribution is -2.39. The molecule has 96 valence electrons. The highest BCUT2D eigenvalue weighted by molar-refractivity contribution is 6.08. The summed E-state index contributed by atoms with van der Waals surface area (Å²) >= 11 is 0. The summed E-state index contributed by atoms with van der Waals surface area (Å²) in [6.45, 7) is 5.57. The monoisotopic (exact) mass is 248 g/mol. The first-order chi connectivity index (χ1) is 8.46. The maximum Gasteiger partial charge on any atom is 0.310 e. The number of aryl methyl sites for hydroxylation is 1. The van der Waals surface area contributed by atoms with Crippen molar-refractivity contribution in [2.75, 3.05) is 6.61 Å². The molecule has 2 rings (SSSR count). The van der Waals surface area contributed by atoms with Gasteiger partial charge in [0, 0.05) is 0 Å². The van der Waals surface area contributed by atoms with E-state index in [0.29, 0.717) is 17.9 Å². The Labute approximate surface area is 106 Å². The molecule has 1 atom stereocenters. The summed E-state index contributed by atoms with van der Waals surface area (Å²) in [4.78, 5) is 23.8. The number of carbonyl (C=O) groups excluding carboxylic acids is 2. The Bertz CT molecular complexity index is 507. The van der Waals surface area contributed by atoms with Gasteiger partial charge in [-0.1, -0.05) is 11.6 Å². The number of ether oxygens (including phenoxy) is 2. The van der Waals surface area contributed by atoms with E-state index in [2.05, 4.69) is 0 Å². The number of rotatable bonds is 3. The lowest BCUT2D eigenvalue weighted by molar-refractivity contribution is -0.146. The highest BCUT2D eigenvalue weighted by Crippen LogP contribution is 2.37. The van der Waals surface area contributed by atoms with E-state index in [4.69, 9.17) is 9.47 Å². The number of ketones is 1.